The van der Waals surface area contributed by atoms with E-state index in [1.165, 1.54) is 5.56 Å². The van der Waals surface area contributed by atoms with E-state index in [0.29, 0.717) is 12.5 Å². The fourth-order valence-electron chi connectivity index (χ4n) is 1.54. The lowest BCUT2D eigenvalue weighted by atomic mass is 9.97. The quantitative estimate of drug-likeness (QED) is 0.828. The van der Waals surface area contributed by atoms with Gasteiger partial charge in [-0.3, -0.25) is 0 Å². The zero-order valence-corrected chi connectivity index (χ0v) is 10.8. The van der Waals surface area contributed by atoms with Crippen LogP contribution in [0.1, 0.15) is 45.6 Å². The Hall–Kier alpha value is -1.02. The van der Waals surface area contributed by atoms with Crippen molar-refractivity contribution in [3.05, 3.63) is 29.8 Å². The van der Waals surface area contributed by atoms with Crippen LogP contribution in [-0.2, 0) is 0 Å². The number of para-hydroxylation sites is 1. The third-order valence-electron chi connectivity index (χ3n) is 2.94. The smallest absolute Gasteiger partial charge is 0.123 e. The van der Waals surface area contributed by atoms with Crippen LogP contribution in [0, 0.1) is 0 Å². The summed E-state index contributed by atoms with van der Waals surface area (Å²) >= 11 is 0. The molecule has 0 saturated heterocycles. The number of benzene rings is 1. The summed E-state index contributed by atoms with van der Waals surface area (Å²) in [5, 5.41) is 0. The van der Waals surface area contributed by atoms with Crippen molar-refractivity contribution in [2.75, 3.05) is 6.54 Å². The Morgan fingerprint density at radius 1 is 1.31 bits per heavy atom. The van der Waals surface area contributed by atoms with Gasteiger partial charge in [-0.2, -0.15) is 0 Å². The molecular formula is C14H23NO. The van der Waals surface area contributed by atoms with Gasteiger partial charge in [-0.25, -0.2) is 0 Å². The van der Waals surface area contributed by atoms with E-state index in [1.807, 2.05) is 26.0 Å². The van der Waals surface area contributed by atoms with E-state index in [1.54, 1.807) is 0 Å². The highest BCUT2D eigenvalue weighted by atomic mass is 16.5. The van der Waals surface area contributed by atoms with Crippen molar-refractivity contribution in [1.82, 2.24) is 0 Å². The van der Waals surface area contributed by atoms with Crippen molar-refractivity contribution < 1.29 is 4.74 Å². The molecule has 0 radical (unpaired) electrons. The first kappa shape index (κ1) is 13.0. The molecule has 2 nitrogen and oxygen atoms in total. The summed E-state index contributed by atoms with van der Waals surface area (Å²) < 4.78 is 5.98. The summed E-state index contributed by atoms with van der Waals surface area (Å²) in [6.45, 7) is 8.95. The van der Waals surface area contributed by atoms with Gasteiger partial charge in [0, 0.05) is 6.54 Å². The second kappa shape index (κ2) is 5.35. The molecule has 0 aliphatic carbocycles. The van der Waals surface area contributed by atoms with Crippen LogP contribution in [0.2, 0.25) is 0 Å². The molecule has 0 bridgehead atoms. The predicted molar refractivity (Wildman–Crippen MR) is 68.9 cm³/mol. The maximum absolute atomic E-state index is 5.98. The Morgan fingerprint density at radius 2 is 1.94 bits per heavy atom. The average molecular weight is 221 g/mol. The van der Waals surface area contributed by atoms with Gasteiger partial charge < -0.3 is 10.5 Å². The molecule has 90 valence electrons. The molecule has 0 heterocycles. The number of ether oxygens (including phenoxy) is 1. The van der Waals surface area contributed by atoms with E-state index in [4.69, 9.17) is 10.5 Å². The standard InChI is InChI=1S/C14H23NO/c1-5-11(2)12-8-6-7-9-13(12)16-14(3,4)10-15/h6-9,11H,5,10,15H2,1-4H3. The highest BCUT2D eigenvalue weighted by Gasteiger charge is 2.20. The summed E-state index contributed by atoms with van der Waals surface area (Å²) in [7, 11) is 0. The van der Waals surface area contributed by atoms with Crippen molar-refractivity contribution in [3.8, 4) is 5.75 Å². The van der Waals surface area contributed by atoms with Crippen LogP contribution in [0.25, 0.3) is 0 Å². The van der Waals surface area contributed by atoms with E-state index in [9.17, 15) is 0 Å². The Balaban J connectivity index is 2.95. The third-order valence-corrected chi connectivity index (χ3v) is 2.94. The Kier molecular flexibility index (Phi) is 4.36. The van der Waals surface area contributed by atoms with Crippen LogP contribution in [0.15, 0.2) is 24.3 Å². The normalized spacial score (nSPS) is 13.6. The van der Waals surface area contributed by atoms with Crippen molar-refractivity contribution >= 4 is 0 Å². The van der Waals surface area contributed by atoms with Crippen LogP contribution < -0.4 is 10.5 Å². The van der Waals surface area contributed by atoms with Gasteiger partial charge in [0.15, 0.2) is 0 Å². The van der Waals surface area contributed by atoms with Crippen LogP contribution >= 0.6 is 0 Å². The van der Waals surface area contributed by atoms with Gasteiger partial charge in [-0.1, -0.05) is 32.0 Å². The van der Waals surface area contributed by atoms with Gasteiger partial charge in [0.1, 0.15) is 11.4 Å². The minimum atomic E-state index is -0.302. The number of nitrogens with two attached hydrogens (primary N) is 1. The molecule has 1 rings (SSSR count). The molecule has 2 heteroatoms. The minimum absolute atomic E-state index is 0.302. The maximum atomic E-state index is 5.98. The van der Waals surface area contributed by atoms with Crippen LogP contribution in [0.5, 0.6) is 5.75 Å². The van der Waals surface area contributed by atoms with Gasteiger partial charge in [0.05, 0.1) is 0 Å². The zero-order valence-electron chi connectivity index (χ0n) is 10.8. The number of rotatable bonds is 5. The van der Waals surface area contributed by atoms with Crippen molar-refractivity contribution in [1.29, 1.82) is 0 Å². The summed E-state index contributed by atoms with van der Waals surface area (Å²) in [6.07, 6.45) is 1.11. The second-order valence-electron chi connectivity index (χ2n) is 4.91. The van der Waals surface area contributed by atoms with Crippen molar-refractivity contribution in [2.45, 2.75) is 45.6 Å². The highest BCUT2D eigenvalue weighted by molar-refractivity contribution is 5.36. The molecule has 0 saturated carbocycles. The first-order valence-electron chi connectivity index (χ1n) is 5.98. The van der Waals surface area contributed by atoms with E-state index >= 15 is 0 Å². The fraction of sp³-hybridized carbons (Fsp3) is 0.571. The molecule has 16 heavy (non-hydrogen) atoms. The van der Waals surface area contributed by atoms with Crippen molar-refractivity contribution in [3.63, 3.8) is 0 Å². The molecule has 1 aromatic rings. The molecule has 0 aromatic heterocycles. The summed E-state index contributed by atoms with van der Waals surface area (Å²) in [5.74, 6) is 1.48. The van der Waals surface area contributed by atoms with E-state index in [2.05, 4.69) is 26.0 Å². The molecule has 0 spiro atoms. The Bertz CT molecular complexity index is 333. The van der Waals surface area contributed by atoms with Crippen molar-refractivity contribution in [2.24, 2.45) is 5.73 Å². The Labute approximate surface area is 98.8 Å². The lowest BCUT2D eigenvalue weighted by Gasteiger charge is -2.27. The first-order chi connectivity index (χ1) is 7.50. The first-order valence-corrected chi connectivity index (χ1v) is 5.98. The van der Waals surface area contributed by atoms with Crippen LogP contribution in [0.4, 0.5) is 0 Å². The highest BCUT2D eigenvalue weighted by Crippen LogP contribution is 2.30. The monoisotopic (exact) mass is 221 g/mol. The average Bonchev–Trinajstić information content (AvgIpc) is 2.28. The SMILES string of the molecule is CCC(C)c1ccccc1OC(C)(C)CN. The largest absolute Gasteiger partial charge is 0.486 e. The van der Waals surface area contributed by atoms with E-state index in [0.717, 1.165) is 12.2 Å². The van der Waals surface area contributed by atoms with Gasteiger partial charge >= 0.3 is 0 Å². The molecule has 0 aliphatic heterocycles. The molecule has 1 atom stereocenters. The number of hydrogen-bond acceptors (Lipinski definition) is 2. The summed E-state index contributed by atoms with van der Waals surface area (Å²) in [4.78, 5) is 0. The van der Waals surface area contributed by atoms with Gasteiger partial charge in [-0.05, 0) is 37.8 Å². The maximum Gasteiger partial charge on any atom is 0.123 e. The molecular weight excluding hydrogens is 198 g/mol. The lowest BCUT2D eigenvalue weighted by Crippen LogP contribution is -2.37. The van der Waals surface area contributed by atoms with Crippen LogP contribution in [-0.4, -0.2) is 12.1 Å². The number of hydrogen-bond donors (Lipinski definition) is 1. The summed E-state index contributed by atoms with van der Waals surface area (Å²) in [5.41, 5.74) is 6.66. The molecule has 1 aromatic carbocycles. The minimum Gasteiger partial charge on any atom is -0.486 e. The Morgan fingerprint density at radius 3 is 2.50 bits per heavy atom. The zero-order chi connectivity index (χ0) is 12.2. The van der Waals surface area contributed by atoms with Crippen LogP contribution in [0.3, 0.4) is 0 Å². The summed E-state index contributed by atoms with van der Waals surface area (Å²) in [6, 6.07) is 8.23. The van der Waals surface area contributed by atoms with E-state index < -0.39 is 0 Å². The predicted octanol–water partition coefficient (Wildman–Crippen LogP) is 3.32. The second-order valence-corrected chi connectivity index (χ2v) is 4.91. The molecule has 0 amide bonds. The topological polar surface area (TPSA) is 35.2 Å². The third kappa shape index (κ3) is 3.24. The molecule has 2 N–H and O–H groups in total. The molecule has 0 fully saturated rings. The molecule has 0 aliphatic rings. The van der Waals surface area contributed by atoms with Gasteiger partial charge in [0.2, 0.25) is 0 Å². The van der Waals surface area contributed by atoms with Gasteiger partial charge in [-0.15, -0.1) is 0 Å². The lowest BCUT2D eigenvalue weighted by molar-refractivity contribution is 0.117. The molecule has 1 unspecified atom stereocenters. The fourth-order valence-corrected chi connectivity index (χ4v) is 1.54. The van der Waals surface area contributed by atoms with E-state index in [-0.39, 0.29) is 5.60 Å². The van der Waals surface area contributed by atoms with Gasteiger partial charge in [0.25, 0.3) is 0 Å².